The van der Waals surface area contributed by atoms with Gasteiger partial charge in [0.1, 0.15) is 17.9 Å². The average Bonchev–Trinajstić information content (AvgIpc) is 3.28. The minimum atomic E-state index is -1.03. The Morgan fingerprint density at radius 3 is 2.52 bits per heavy atom. The first-order chi connectivity index (χ1) is 9.94. The maximum atomic E-state index is 11.4. The second-order valence-corrected chi connectivity index (χ2v) is 6.22. The van der Waals surface area contributed by atoms with Crippen molar-refractivity contribution in [2.24, 2.45) is 0 Å². The van der Waals surface area contributed by atoms with Crippen LogP contribution in [0.2, 0.25) is 0 Å². The SMILES string of the molecule is CCC(C)c1ccc(OCC(C)(NC2CC2)C(=O)O)cc1. The van der Waals surface area contributed by atoms with E-state index in [1.807, 2.05) is 12.1 Å². The molecule has 2 unspecified atom stereocenters. The monoisotopic (exact) mass is 291 g/mol. The van der Waals surface area contributed by atoms with Gasteiger partial charge in [-0.3, -0.25) is 10.1 Å². The highest BCUT2D eigenvalue weighted by Gasteiger charge is 2.39. The first-order valence-electron chi connectivity index (χ1n) is 7.68. The number of nitrogens with one attached hydrogen (secondary N) is 1. The van der Waals surface area contributed by atoms with E-state index in [0.717, 1.165) is 19.3 Å². The molecule has 1 fully saturated rings. The second kappa shape index (κ2) is 6.48. The van der Waals surface area contributed by atoms with Crippen LogP contribution in [-0.4, -0.2) is 29.3 Å². The third-order valence-electron chi connectivity index (χ3n) is 4.16. The fourth-order valence-corrected chi connectivity index (χ4v) is 2.20. The van der Waals surface area contributed by atoms with Crippen molar-refractivity contribution < 1.29 is 14.6 Å². The molecule has 0 aliphatic heterocycles. The number of rotatable bonds is 8. The van der Waals surface area contributed by atoms with Crippen LogP contribution in [0.5, 0.6) is 5.75 Å². The van der Waals surface area contributed by atoms with Crippen molar-refractivity contribution in [3.8, 4) is 5.75 Å². The number of hydrogen-bond acceptors (Lipinski definition) is 3. The first-order valence-corrected chi connectivity index (χ1v) is 7.68. The molecular weight excluding hydrogens is 266 g/mol. The highest BCUT2D eigenvalue weighted by Crippen LogP contribution is 2.24. The molecule has 0 heterocycles. The van der Waals surface area contributed by atoms with Crippen LogP contribution in [0, 0.1) is 0 Å². The molecule has 1 saturated carbocycles. The van der Waals surface area contributed by atoms with Crippen LogP contribution < -0.4 is 10.1 Å². The zero-order valence-corrected chi connectivity index (χ0v) is 13.1. The normalized spacial score (nSPS) is 18.8. The molecule has 1 aliphatic rings. The van der Waals surface area contributed by atoms with Gasteiger partial charge in [-0.2, -0.15) is 0 Å². The Hall–Kier alpha value is -1.55. The summed E-state index contributed by atoms with van der Waals surface area (Å²) in [5, 5.41) is 12.5. The van der Waals surface area contributed by atoms with Gasteiger partial charge in [-0.1, -0.05) is 26.0 Å². The van der Waals surface area contributed by atoms with Gasteiger partial charge in [-0.05, 0) is 49.8 Å². The number of carboxylic acids is 1. The number of carboxylic acid groups (broad SMARTS) is 1. The fourth-order valence-electron chi connectivity index (χ4n) is 2.20. The van der Waals surface area contributed by atoms with Crippen LogP contribution in [0.3, 0.4) is 0 Å². The number of aliphatic carboxylic acids is 1. The van der Waals surface area contributed by atoms with Gasteiger partial charge in [0.25, 0.3) is 0 Å². The molecule has 0 radical (unpaired) electrons. The molecule has 1 aromatic carbocycles. The van der Waals surface area contributed by atoms with Gasteiger partial charge in [0, 0.05) is 6.04 Å². The Kier molecular flexibility index (Phi) is 4.88. The second-order valence-electron chi connectivity index (χ2n) is 6.22. The zero-order valence-electron chi connectivity index (χ0n) is 13.1. The molecule has 1 aliphatic carbocycles. The minimum absolute atomic E-state index is 0.126. The van der Waals surface area contributed by atoms with Gasteiger partial charge in [0.15, 0.2) is 0 Å². The number of ether oxygens (including phenoxy) is 1. The number of hydrogen-bond donors (Lipinski definition) is 2. The van der Waals surface area contributed by atoms with Crippen LogP contribution in [0.4, 0.5) is 0 Å². The predicted octanol–water partition coefficient (Wildman–Crippen LogP) is 3.17. The lowest BCUT2D eigenvalue weighted by Crippen LogP contribution is -2.54. The lowest BCUT2D eigenvalue weighted by atomic mass is 9.99. The lowest BCUT2D eigenvalue weighted by Gasteiger charge is -2.26. The molecule has 0 amide bonds. The molecule has 1 aromatic rings. The third kappa shape index (κ3) is 4.21. The van der Waals surface area contributed by atoms with Gasteiger partial charge in [-0.15, -0.1) is 0 Å². The highest BCUT2D eigenvalue weighted by atomic mass is 16.5. The van der Waals surface area contributed by atoms with Crippen molar-refractivity contribution in [3.63, 3.8) is 0 Å². The third-order valence-corrected chi connectivity index (χ3v) is 4.16. The molecule has 0 aromatic heterocycles. The highest BCUT2D eigenvalue weighted by molar-refractivity contribution is 5.78. The summed E-state index contributed by atoms with van der Waals surface area (Å²) in [7, 11) is 0. The van der Waals surface area contributed by atoms with Crippen molar-refractivity contribution in [2.45, 2.75) is 57.5 Å². The van der Waals surface area contributed by atoms with E-state index in [2.05, 4.69) is 31.3 Å². The summed E-state index contributed by atoms with van der Waals surface area (Å²) < 4.78 is 5.69. The zero-order chi connectivity index (χ0) is 15.5. The molecule has 4 nitrogen and oxygen atoms in total. The minimum Gasteiger partial charge on any atom is -0.491 e. The van der Waals surface area contributed by atoms with Crippen molar-refractivity contribution in [2.75, 3.05) is 6.61 Å². The Bertz CT molecular complexity index is 481. The molecule has 0 saturated heterocycles. The topological polar surface area (TPSA) is 58.6 Å². The summed E-state index contributed by atoms with van der Waals surface area (Å²) in [6, 6.07) is 8.26. The summed E-state index contributed by atoms with van der Waals surface area (Å²) in [5.74, 6) is 0.373. The summed E-state index contributed by atoms with van der Waals surface area (Å²) in [6.07, 6.45) is 3.20. The van der Waals surface area contributed by atoms with Crippen molar-refractivity contribution in [1.82, 2.24) is 5.32 Å². The molecule has 0 spiro atoms. The van der Waals surface area contributed by atoms with E-state index in [1.54, 1.807) is 6.92 Å². The molecule has 4 heteroatoms. The van der Waals surface area contributed by atoms with Gasteiger partial charge in [-0.25, -0.2) is 0 Å². The maximum absolute atomic E-state index is 11.4. The van der Waals surface area contributed by atoms with E-state index in [1.165, 1.54) is 5.56 Å². The summed E-state index contributed by atoms with van der Waals surface area (Å²) in [5.41, 5.74) is 0.248. The molecule has 116 valence electrons. The maximum Gasteiger partial charge on any atom is 0.327 e. The largest absolute Gasteiger partial charge is 0.491 e. The Balaban J connectivity index is 1.95. The average molecular weight is 291 g/mol. The van der Waals surface area contributed by atoms with Crippen LogP contribution in [0.1, 0.15) is 51.5 Å². The van der Waals surface area contributed by atoms with E-state index in [-0.39, 0.29) is 6.61 Å². The van der Waals surface area contributed by atoms with Gasteiger partial charge in [0.2, 0.25) is 0 Å². The molecule has 21 heavy (non-hydrogen) atoms. The van der Waals surface area contributed by atoms with Gasteiger partial charge >= 0.3 is 5.97 Å². The van der Waals surface area contributed by atoms with E-state index < -0.39 is 11.5 Å². The predicted molar refractivity (Wildman–Crippen MR) is 82.8 cm³/mol. The smallest absolute Gasteiger partial charge is 0.327 e. The van der Waals surface area contributed by atoms with Crippen molar-refractivity contribution in [3.05, 3.63) is 29.8 Å². The quantitative estimate of drug-likeness (QED) is 0.772. The van der Waals surface area contributed by atoms with E-state index in [9.17, 15) is 9.90 Å². The number of carbonyl (C=O) groups is 1. The Morgan fingerprint density at radius 2 is 2.05 bits per heavy atom. The Labute approximate surface area is 126 Å². The van der Waals surface area contributed by atoms with Crippen LogP contribution in [0.25, 0.3) is 0 Å². The van der Waals surface area contributed by atoms with Crippen molar-refractivity contribution in [1.29, 1.82) is 0 Å². The molecule has 2 atom stereocenters. The lowest BCUT2D eigenvalue weighted by molar-refractivity contribution is -0.145. The van der Waals surface area contributed by atoms with E-state index in [0.29, 0.717) is 17.7 Å². The fraction of sp³-hybridized carbons (Fsp3) is 0.588. The summed E-state index contributed by atoms with van der Waals surface area (Å²) >= 11 is 0. The van der Waals surface area contributed by atoms with Gasteiger partial charge in [0.05, 0.1) is 0 Å². The number of benzene rings is 1. The molecule has 2 N–H and O–H groups in total. The standard InChI is InChI=1S/C17H25NO3/c1-4-12(2)13-5-9-15(10-6-13)21-11-17(3,16(19)20)18-14-7-8-14/h5-6,9-10,12,14,18H,4,7-8,11H2,1-3H3,(H,19,20). The summed E-state index contributed by atoms with van der Waals surface area (Å²) in [4.78, 5) is 11.4. The van der Waals surface area contributed by atoms with E-state index >= 15 is 0 Å². The Morgan fingerprint density at radius 1 is 1.43 bits per heavy atom. The first kappa shape index (κ1) is 15.8. The van der Waals surface area contributed by atoms with Crippen molar-refractivity contribution >= 4 is 5.97 Å². The van der Waals surface area contributed by atoms with Gasteiger partial charge < -0.3 is 9.84 Å². The molecule has 2 rings (SSSR count). The molecular formula is C17H25NO3. The van der Waals surface area contributed by atoms with E-state index in [4.69, 9.17) is 4.74 Å². The van der Waals surface area contributed by atoms with Crippen LogP contribution >= 0.6 is 0 Å². The summed E-state index contributed by atoms with van der Waals surface area (Å²) in [6.45, 7) is 6.16. The molecule has 0 bridgehead atoms. The van der Waals surface area contributed by atoms with Crippen LogP contribution in [0.15, 0.2) is 24.3 Å². The van der Waals surface area contributed by atoms with Crippen LogP contribution in [-0.2, 0) is 4.79 Å².